The molecule has 6 heteroatoms. The summed E-state index contributed by atoms with van der Waals surface area (Å²) in [4.78, 5) is 4.22. The van der Waals surface area contributed by atoms with Crippen LogP contribution in [0.15, 0.2) is 12.4 Å². The third-order valence-corrected chi connectivity index (χ3v) is 4.13. The molecule has 0 unspecified atom stereocenters. The van der Waals surface area contributed by atoms with Crippen molar-refractivity contribution in [2.24, 2.45) is 5.92 Å². The Labute approximate surface area is 116 Å². The molecule has 1 aliphatic rings. The molecule has 0 radical (unpaired) electrons. The molecule has 1 heterocycles. The fourth-order valence-corrected chi connectivity index (χ4v) is 2.91. The average Bonchev–Trinajstić information content (AvgIpc) is 2.76. The van der Waals surface area contributed by atoms with Gasteiger partial charge in [-0.1, -0.05) is 6.92 Å². The second-order valence-electron chi connectivity index (χ2n) is 5.75. The first kappa shape index (κ1) is 15.4. The van der Waals surface area contributed by atoms with Gasteiger partial charge in [-0.15, -0.1) is 0 Å². The standard InChI is InChI=1S/C14H21F3N2O/c1-2-8-19-9-7-18-12(19)10-13(20)5-3-11(4-6-13)14(15,16)17/h7,9,11,20H,2-6,8,10H2,1H3. The van der Waals surface area contributed by atoms with Crippen molar-refractivity contribution in [3.05, 3.63) is 18.2 Å². The van der Waals surface area contributed by atoms with Gasteiger partial charge in [0.2, 0.25) is 0 Å². The summed E-state index contributed by atoms with van der Waals surface area (Å²) >= 11 is 0. The maximum absolute atomic E-state index is 12.6. The van der Waals surface area contributed by atoms with Crippen LogP contribution in [0.4, 0.5) is 13.2 Å². The Bertz CT molecular complexity index is 434. The van der Waals surface area contributed by atoms with E-state index in [2.05, 4.69) is 4.98 Å². The monoisotopic (exact) mass is 290 g/mol. The first-order chi connectivity index (χ1) is 9.34. The molecule has 1 aromatic rings. The molecule has 20 heavy (non-hydrogen) atoms. The number of imidazole rings is 1. The predicted molar refractivity (Wildman–Crippen MR) is 69.2 cm³/mol. The third kappa shape index (κ3) is 3.53. The molecule has 1 saturated carbocycles. The maximum atomic E-state index is 12.6. The van der Waals surface area contributed by atoms with Gasteiger partial charge < -0.3 is 9.67 Å². The second-order valence-corrected chi connectivity index (χ2v) is 5.75. The zero-order valence-electron chi connectivity index (χ0n) is 11.7. The van der Waals surface area contributed by atoms with Gasteiger partial charge >= 0.3 is 6.18 Å². The van der Waals surface area contributed by atoms with Crippen molar-refractivity contribution in [3.63, 3.8) is 0 Å². The van der Waals surface area contributed by atoms with E-state index in [4.69, 9.17) is 0 Å². The summed E-state index contributed by atoms with van der Waals surface area (Å²) in [6.45, 7) is 2.86. The lowest BCUT2D eigenvalue weighted by atomic mass is 9.77. The maximum Gasteiger partial charge on any atom is 0.391 e. The van der Waals surface area contributed by atoms with Gasteiger partial charge in [-0.3, -0.25) is 0 Å². The summed E-state index contributed by atoms with van der Waals surface area (Å²) in [5.41, 5.74) is -1.04. The van der Waals surface area contributed by atoms with E-state index in [0.717, 1.165) is 18.8 Å². The lowest BCUT2D eigenvalue weighted by Gasteiger charge is -2.36. The van der Waals surface area contributed by atoms with Crippen LogP contribution in [0.5, 0.6) is 0 Å². The third-order valence-electron chi connectivity index (χ3n) is 4.13. The van der Waals surface area contributed by atoms with E-state index in [1.54, 1.807) is 6.20 Å². The molecule has 0 aliphatic heterocycles. The highest BCUT2D eigenvalue weighted by molar-refractivity contribution is 5.01. The number of halogens is 3. The molecule has 114 valence electrons. The quantitative estimate of drug-likeness (QED) is 0.923. The largest absolute Gasteiger partial charge is 0.391 e. The number of aliphatic hydroxyl groups is 1. The van der Waals surface area contributed by atoms with E-state index in [1.165, 1.54) is 0 Å². The van der Waals surface area contributed by atoms with E-state index in [1.807, 2.05) is 17.7 Å². The molecule has 0 amide bonds. The van der Waals surface area contributed by atoms with Crippen LogP contribution < -0.4 is 0 Å². The number of rotatable bonds is 4. The van der Waals surface area contributed by atoms with Crippen LogP contribution in [0.2, 0.25) is 0 Å². The molecule has 2 rings (SSSR count). The van der Waals surface area contributed by atoms with Gasteiger partial charge in [0.25, 0.3) is 0 Å². The molecule has 3 nitrogen and oxygen atoms in total. The van der Waals surface area contributed by atoms with E-state index in [0.29, 0.717) is 6.42 Å². The van der Waals surface area contributed by atoms with Crippen LogP contribution in [0.25, 0.3) is 0 Å². The lowest BCUT2D eigenvalue weighted by Crippen LogP contribution is -2.40. The van der Waals surface area contributed by atoms with E-state index in [9.17, 15) is 18.3 Å². The lowest BCUT2D eigenvalue weighted by molar-refractivity contribution is -0.192. The molecule has 1 N–H and O–H groups in total. The molecule has 0 saturated heterocycles. The first-order valence-electron chi connectivity index (χ1n) is 7.13. The fraction of sp³-hybridized carbons (Fsp3) is 0.786. The Morgan fingerprint density at radius 3 is 2.60 bits per heavy atom. The topological polar surface area (TPSA) is 38.0 Å². The van der Waals surface area contributed by atoms with Crippen LogP contribution in [-0.2, 0) is 13.0 Å². The van der Waals surface area contributed by atoms with Crippen molar-refractivity contribution in [2.75, 3.05) is 0 Å². The van der Waals surface area contributed by atoms with E-state index < -0.39 is 17.7 Å². The normalized spacial score (nSPS) is 27.8. The van der Waals surface area contributed by atoms with Gasteiger partial charge in [0.15, 0.2) is 0 Å². The van der Waals surface area contributed by atoms with E-state index >= 15 is 0 Å². The molecule has 1 fully saturated rings. The van der Waals surface area contributed by atoms with Gasteiger partial charge in [-0.25, -0.2) is 4.98 Å². The van der Waals surface area contributed by atoms with Gasteiger partial charge in [0.05, 0.1) is 11.5 Å². The molecule has 0 spiro atoms. The highest BCUT2D eigenvalue weighted by Crippen LogP contribution is 2.42. The summed E-state index contributed by atoms with van der Waals surface area (Å²) < 4.78 is 39.9. The molecule has 0 bridgehead atoms. The highest BCUT2D eigenvalue weighted by atomic mass is 19.4. The number of hydrogen-bond acceptors (Lipinski definition) is 2. The van der Waals surface area contributed by atoms with Gasteiger partial charge in [-0.05, 0) is 32.1 Å². The Kier molecular flexibility index (Phi) is 4.42. The van der Waals surface area contributed by atoms with Gasteiger partial charge in [-0.2, -0.15) is 13.2 Å². The fourth-order valence-electron chi connectivity index (χ4n) is 2.91. The number of aromatic nitrogens is 2. The van der Waals surface area contributed by atoms with Crippen molar-refractivity contribution in [1.82, 2.24) is 9.55 Å². The first-order valence-corrected chi connectivity index (χ1v) is 7.13. The van der Waals surface area contributed by atoms with Crippen molar-refractivity contribution in [2.45, 2.75) is 63.8 Å². The Morgan fingerprint density at radius 2 is 2.05 bits per heavy atom. The number of alkyl halides is 3. The Balaban J connectivity index is 1.98. The Morgan fingerprint density at radius 1 is 1.40 bits per heavy atom. The SMILES string of the molecule is CCCn1ccnc1CC1(O)CCC(C(F)(F)F)CC1. The average molecular weight is 290 g/mol. The van der Waals surface area contributed by atoms with Gasteiger partial charge in [0.1, 0.15) is 5.82 Å². The summed E-state index contributed by atoms with van der Waals surface area (Å²) in [6, 6.07) is 0. The van der Waals surface area contributed by atoms with Crippen molar-refractivity contribution in [1.29, 1.82) is 0 Å². The smallest absolute Gasteiger partial charge is 0.389 e. The Hall–Kier alpha value is -1.04. The minimum absolute atomic E-state index is 0.00842. The second kappa shape index (κ2) is 5.76. The molecule has 0 aromatic carbocycles. The van der Waals surface area contributed by atoms with Crippen LogP contribution in [0, 0.1) is 5.92 Å². The van der Waals surface area contributed by atoms with Crippen LogP contribution in [0.1, 0.15) is 44.9 Å². The number of nitrogens with zero attached hydrogens (tertiary/aromatic N) is 2. The predicted octanol–water partition coefficient (Wildman–Crippen LogP) is 3.32. The van der Waals surface area contributed by atoms with Crippen LogP contribution >= 0.6 is 0 Å². The minimum atomic E-state index is -4.14. The van der Waals surface area contributed by atoms with Crippen LogP contribution in [0.3, 0.4) is 0 Å². The zero-order valence-corrected chi connectivity index (χ0v) is 11.7. The summed E-state index contributed by atoms with van der Waals surface area (Å²) in [5.74, 6) is -0.502. The zero-order chi connectivity index (χ0) is 14.8. The number of aryl methyl sites for hydroxylation is 1. The minimum Gasteiger partial charge on any atom is -0.389 e. The molecule has 1 aromatic heterocycles. The van der Waals surface area contributed by atoms with Crippen molar-refractivity contribution >= 4 is 0 Å². The molecule has 0 atom stereocenters. The van der Waals surface area contributed by atoms with E-state index in [-0.39, 0.29) is 25.7 Å². The molecule has 1 aliphatic carbocycles. The summed E-state index contributed by atoms with van der Waals surface area (Å²) in [7, 11) is 0. The van der Waals surface area contributed by atoms with Crippen LogP contribution in [-0.4, -0.2) is 26.4 Å². The summed E-state index contributed by atoms with van der Waals surface area (Å²) in [5, 5.41) is 10.5. The molecular formula is C14H21F3N2O. The summed E-state index contributed by atoms with van der Waals surface area (Å²) in [6.07, 6.45) is 1.08. The van der Waals surface area contributed by atoms with Gasteiger partial charge in [0, 0.05) is 25.4 Å². The highest BCUT2D eigenvalue weighted by Gasteiger charge is 2.45. The number of hydrogen-bond donors (Lipinski definition) is 1. The molecular weight excluding hydrogens is 269 g/mol. The van der Waals surface area contributed by atoms with Crippen molar-refractivity contribution < 1.29 is 18.3 Å². The van der Waals surface area contributed by atoms with Crippen molar-refractivity contribution in [3.8, 4) is 0 Å².